The molecule has 4 atom stereocenters. The zero-order valence-electron chi connectivity index (χ0n) is 16.8. The summed E-state index contributed by atoms with van der Waals surface area (Å²) >= 11 is 0. The number of carboxylic acids is 1. The van der Waals surface area contributed by atoms with Gasteiger partial charge in [0, 0.05) is 6.42 Å². The maximum Gasteiger partial charge on any atom is 0.325 e. The summed E-state index contributed by atoms with van der Waals surface area (Å²) in [5.74, 6) is -3.74. The monoisotopic (exact) mass is 416 g/mol. The molecule has 12 nitrogen and oxygen atoms in total. The first kappa shape index (κ1) is 26.3. The number of amides is 4. The Labute approximate surface area is 169 Å². The highest BCUT2D eigenvalue weighted by atomic mass is 16.4. The van der Waals surface area contributed by atoms with E-state index in [4.69, 9.17) is 22.3 Å². The molecule has 166 valence electrons. The fourth-order valence-electron chi connectivity index (χ4n) is 2.25. The van der Waals surface area contributed by atoms with Gasteiger partial charge in [-0.25, -0.2) is 0 Å². The van der Waals surface area contributed by atoms with Crippen LogP contribution in [0.2, 0.25) is 0 Å². The van der Waals surface area contributed by atoms with Crippen molar-refractivity contribution in [2.75, 3.05) is 6.54 Å². The summed E-state index contributed by atoms with van der Waals surface area (Å²) < 4.78 is 0. The van der Waals surface area contributed by atoms with Gasteiger partial charge in [0.2, 0.25) is 23.6 Å². The normalized spacial score (nSPS) is 14.8. The van der Waals surface area contributed by atoms with Gasteiger partial charge >= 0.3 is 5.97 Å². The van der Waals surface area contributed by atoms with Crippen molar-refractivity contribution in [3.05, 3.63) is 0 Å². The van der Waals surface area contributed by atoms with Gasteiger partial charge in [0.1, 0.15) is 18.1 Å². The van der Waals surface area contributed by atoms with E-state index in [1.165, 1.54) is 13.8 Å². The lowest BCUT2D eigenvalue weighted by Crippen LogP contribution is -2.56. The van der Waals surface area contributed by atoms with Crippen LogP contribution in [0, 0.1) is 0 Å². The summed E-state index contributed by atoms with van der Waals surface area (Å²) in [4.78, 5) is 58.4. The number of rotatable bonds is 14. The zero-order chi connectivity index (χ0) is 22.6. The standard InChI is InChI=1S/C17H32N6O6/c1-9(14(25)22-10(2)17(28)29)21-16(27)12(5-3-4-8-18)23-15(26)11(19)6-7-13(20)24/h9-12H,3-8,18-19H2,1-2H3,(H2,20,24)(H,21,27)(H,22,25)(H,23,26)(H,28,29)/t9-,10-,11+,12+/m1/s1. The average molecular weight is 416 g/mol. The van der Waals surface area contributed by atoms with Crippen molar-refractivity contribution in [1.29, 1.82) is 0 Å². The number of primary amides is 1. The summed E-state index contributed by atoms with van der Waals surface area (Å²) in [6, 6.07) is -4.14. The molecule has 10 N–H and O–H groups in total. The first-order valence-corrected chi connectivity index (χ1v) is 9.37. The molecule has 12 heteroatoms. The van der Waals surface area contributed by atoms with Gasteiger partial charge in [-0.2, -0.15) is 0 Å². The van der Waals surface area contributed by atoms with Gasteiger partial charge < -0.3 is 38.3 Å². The van der Waals surface area contributed by atoms with E-state index in [0.29, 0.717) is 19.4 Å². The Morgan fingerprint density at radius 2 is 1.45 bits per heavy atom. The van der Waals surface area contributed by atoms with E-state index in [1.807, 2.05) is 0 Å². The predicted octanol–water partition coefficient (Wildman–Crippen LogP) is -2.71. The number of carbonyl (C=O) groups excluding carboxylic acids is 4. The van der Waals surface area contributed by atoms with Gasteiger partial charge in [-0.1, -0.05) is 0 Å². The molecule has 0 aliphatic heterocycles. The number of aliphatic carboxylic acids is 1. The highest BCUT2D eigenvalue weighted by molar-refractivity contribution is 5.93. The Hall–Kier alpha value is -2.73. The molecule has 29 heavy (non-hydrogen) atoms. The highest BCUT2D eigenvalue weighted by Gasteiger charge is 2.27. The van der Waals surface area contributed by atoms with Crippen LogP contribution in [-0.2, 0) is 24.0 Å². The fourth-order valence-corrected chi connectivity index (χ4v) is 2.25. The molecule has 0 radical (unpaired) electrons. The summed E-state index contributed by atoms with van der Waals surface area (Å²) in [7, 11) is 0. The zero-order valence-corrected chi connectivity index (χ0v) is 16.8. The second kappa shape index (κ2) is 13.4. The summed E-state index contributed by atoms with van der Waals surface area (Å²) in [6.45, 7) is 3.09. The van der Waals surface area contributed by atoms with E-state index in [2.05, 4.69) is 16.0 Å². The Balaban J connectivity index is 4.93. The molecular formula is C17H32N6O6. The minimum atomic E-state index is -1.21. The fraction of sp³-hybridized carbons (Fsp3) is 0.706. The van der Waals surface area contributed by atoms with E-state index in [1.54, 1.807) is 0 Å². The smallest absolute Gasteiger partial charge is 0.325 e. The SMILES string of the molecule is C[C@@H](NC(=O)[C@@H](C)NC(=O)[C@H](CCCCN)NC(=O)[C@@H](N)CCC(N)=O)C(=O)O. The van der Waals surface area contributed by atoms with Crippen LogP contribution in [0.4, 0.5) is 0 Å². The number of nitrogens with two attached hydrogens (primary N) is 3. The molecule has 0 aromatic carbocycles. The molecular weight excluding hydrogens is 384 g/mol. The molecule has 0 saturated carbocycles. The molecule has 0 aliphatic carbocycles. The molecule has 0 spiro atoms. The van der Waals surface area contributed by atoms with Crippen molar-refractivity contribution >= 4 is 29.6 Å². The Morgan fingerprint density at radius 3 is 1.97 bits per heavy atom. The summed E-state index contributed by atoms with van der Waals surface area (Å²) in [5, 5.41) is 16.0. The van der Waals surface area contributed by atoms with E-state index >= 15 is 0 Å². The van der Waals surface area contributed by atoms with Crippen LogP contribution in [-0.4, -0.2) is 65.4 Å². The van der Waals surface area contributed by atoms with E-state index < -0.39 is 53.8 Å². The van der Waals surface area contributed by atoms with E-state index in [0.717, 1.165) is 0 Å². The molecule has 0 rings (SSSR count). The number of nitrogens with one attached hydrogen (secondary N) is 3. The number of carbonyl (C=O) groups is 5. The highest BCUT2D eigenvalue weighted by Crippen LogP contribution is 2.04. The average Bonchev–Trinajstić information content (AvgIpc) is 2.64. The minimum Gasteiger partial charge on any atom is -0.480 e. The van der Waals surface area contributed by atoms with Crippen LogP contribution in [0.15, 0.2) is 0 Å². The molecule has 0 aliphatic rings. The molecule has 0 heterocycles. The van der Waals surface area contributed by atoms with E-state index in [9.17, 15) is 24.0 Å². The minimum absolute atomic E-state index is 0.0319. The molecule has 0 fully saturated rings. The number of hydrogen-bond donors (Lipinski definition) is 7. The van der Waals surface area contributed by atoms with Gasteiger partial charge in [0.25, 0.3) is 0 Å². The number of hydrogen-bond acceptors (Lipinski definition) is 7. The lowest BCUT2D eigenvalue weighted by atomic mass is 10.1. The number of unbranched alkanes of at least 4 members (excludes halogenated alkanes) is 1. The maximum atomic E-state index is 12.5. The first-order chi connectivity index (χ1) is 13.5. The predicted molar refractivity (Wildman–Crippen MR) is 104 cm³/mol. The van der Waals surface area contributed by atoms with Crippen molar-refractivity contribution in [2.45, 2.75) is 70.1 Å². The lowest BCUT2D eigenvalue weighted by molar-refractivity contribution is -0.141. The van der Waals surface area contributed by atoms with Crippen molar-refractivity contribution in [3.63, 3.8) is 0 Å². The lowest BCUT2D eigenvalue weighted by Gasteiger charge is -2.23. The van der Waals surface area contributed by atoms with Gasteiger partial charge in [0.15, 0.2) is 0 Å². The third-order valence-corrected chi connectivity index (χ3v) is 4.10. The van der Waals surface area contributed by atoms with Gasteiger partial charge in [-0.15, -0.1) is 0 Å². The summed E-state index contributed by atoms with van der Waals surface area (Å²) in [6.07, 6.45) is 1.39. The second-order valence-corrected chi connectivity index (χ2v) is 6.76. The molecule has 0 saturated heterocycles. The van der Waals surface area contributed by atoms with Gasteiger partial charge in [0.05, 0.1) is 6.04 Å². The quantitative estimate of drug-likeness (QED) is 0.147. The van der Waals surface area contributed by atoms with Crippen LogP contribution in [0.5, 0.6) is 0 Å². The van der Waals surface area contributed by atoms with Crippen molar-refractivity contribution in [1.82, 2.24) is 16.0 Å². The van der Waals surface area contributed by atoms with Crippen molar-refractivity contribution in [2.24, 2.45) is 17.2 Å². The number of carboxylic acid groups (broad SMARTS) is 1. The maximum absolute atomic E-state index is 12.5. The largest absolute Gasteiger partial charge is 0.480 e. The molecule has 0 bridgehead atoms. The van der Waals surface area contributed by atoms with Gasteiger partial charge in [-0.3, -0.25) is 24.0 Å². The molecule has 0 unspecified atom stereocenters. The topological polar surface area (TPSA) is 220 Å². The third kappa shape index (κ3) is 11.0. The van der Waals surface area contributed by atoms with Crippen LogP contribution in [0.25, 0.3) is 0 Å². The van der Waals surface area contributed by atoms with Crippen LogP contribution in [0.3, 0.4) is 0 Å². The molecule has 0 aromatic rings. The van der Waals surface area contributed by atoms with Crippen molar-refractivity contribution in [3.8, 4) is 0 Å². The third-order valence-electron chi connectivity index (χ3n) is 4.10. The molecule has 0 aromatic heterocycles. The van der Waals surface area contributed by atoms with Gasteiger partial charge in [-0.05, 0) is 46.1 Å². The Bertz CT molecular complexity index is 599. The van der Waals surface area contributed by atoms with Crippen LogP contribution in [0.1, 0.15) is 46.0 Å². The Morgan fingerprint density at radius 1 is 0.862 bits per heavy atom. The van der Waals surface area contributed by atoms with Crippen molar-refractivity contribution < 1.29 is 29.1 Å². The van der Waals surface area contributed by atoms with E-state index in [-0.39, 0.29) is 19.3 Å². The molecule has 4 amide bonds. The first-order valence-electron chi connectivity index (χ1n) is 9.37. The second-order valence-electron chi connectivity index (χ2n) is 6.76. The van der Waals surface area contributed by atoms with Crippen LogP contribution < -0.4 is 33.2 Å². The Kier molecular flexibility index (Phi) is 12.2. The summed E-state index contributed by atoms with van der Waals surface area (Å²) in [5.41, 5.74) is 16.2. The van der Waals surface area contributed by atoms with Crippen LogP contribution >= 0.6 is 0 Å².